The van der Waals surface area contributed by atoms with Gasteiger partial charge in [0.2, 0.25) is 0 Å². The smallest absolute Gasteiger partial charge is 0.319 e. The molecule has 1 rings (SSSR count). The Bertz CT molecular complexity index is 357. The number of methoxy groups -OCH3 is 1. The van der Waals surface area contributed by atoms with Crippen LogP contribution in [0.3, 0.4) is 0 Å². The van der Waals surface area contributed by atoms with E-state index in [9.17, 15) is 4.79 Å². The fourth-order valence-electron chi connectivity index (χ4n) is 1.66. The molecule has 94 valence electrons. The van der Waals surface area contributed by atoms with Crippen molar-refractivity contribution < 1.29 is 9.53 Å². The Morgan fingerprint density at radius 2 is 1.88 bits per heavy atom. The zero-order valence-corrected chi connectivity index (χ0v) is 11.1. The standard InChI is InChI=1S/C14H21NO2/c1-11(2)13-7-5-12(6-8-13)9-15(3)10-14(16)17-4/h5-8,11H,9-10H2,1-4H3. The predicted molar refractivity (Wildman–Crippen MR) is 68.9 cm³/mol. The first-order chi connectivity index (χ1) is 8.02. The van der Waals surface area contributed by atoms with Gasteiger partial charge in [0.1, 0.15) is 0 Å². The number of benzene rings is 1. The molecule has 0 unspecified atom stereocenters. The minimum Gasteiger partial charge on any atom is -0.468 e. The fourth-order valence-corrected chi connectivity index (χ4v) is 1.66. The molecular formula is C14H21NO2. The third-order valence-corrected chi connectivity index (χ3v) is 2.73. The Labute approximate surface area is 103 Å². The summed E-state index contributed by atoms with van der Waals surface area (Å²) in [5.74, 6) is 0.350. The zero-order valence-electron chi connectivity index (χ0n) is 11.1. The molecular weight excluding hydrogens is 214 g/mol. The van der Waals surface area contributed by atoms with Gasteiger partial charge < -0.3 is 4.74 Å². The molecule has 1 aromatic rings. The lowest BCUT2D eigenvalue weighted by molar-refractivity contribution is -0.141. The maximum atomic E-state index is 11.1. The first-order valence-corrected chi connectivity index (χ1v) is 5.87. The van der Waals surface area contributed by atoms with Crippen LogP contribution in [0.25, 0.3) is 0 Å². The van der Waals surface area contributed by atoms with Crippen LogP contribution < -0.4 is 0 Å². The van der Waals surface area contributed by atoms with E-state index >= 15 is 0 Å². The molecule has 17 heavy (non-hydrogen) atoms. The van der Waals surface area contributed by atoms with Gasteiger partial charge in [0.15, 0.2) is 0 Å². The van der Waals surface area contributed by atoms with Crippen molar-refractivity contribution in [3.05, 3.63) is 35.4 Å². The van der Waals surface area contributed by atoms with Crippen LogP contribution in [0.1, 0.15) is 30.9 Å². The SMILES string of the molecule is COC(=O)CN(C)Cc1ccc(C(C)C)cc1. The van der Waals surface area contributed by atoms with Crippen LogP contribution in [0.4, 0.5) is 0 Å². The Morgan fingerprint density at radius 3 is 2.35 bits per heavy atom. The second-order valence-corrected chi connectivity index (χ2v) is 4.64. The topological polar surface area (TPSA) is 29.5 Å². The first-order valence-electron chi connectivity index (χ1n) is 5.87. The lowest BCUT2D eigenvalue weighted by Gasteiger charge is -2.15. The van der Waals surface area contributed by atoms with Crippen LogP contribution in [0, 0.1) is 0 Å². The summed E-state index contributed by atoms with van der Waals surface area (Å²) in [6.07, 6.45) is 0. The Hall–Kier alpha value is -1.35. The third-order valence-electron chi connectivity index (χ3n) is 2.73. The van der Waals surface area contributed by atoms with E-state index in [2.05, 4.69) is 42.8 Å². The molecule has 1 aromatic carbocycles. The van der Waals surface area contributed by atoms with Gasteiger partial charge in [-0.1, -0.05) is 38.1 Å². The normalized spacial score (nSPS) is 10.9. The highest BCUT2D eigenvalue weighted by Gasteiger charge is 2.07. The summed E-state index contributed by atoms with van der Waals surface area (Å²) in [5, 5.41) is 0. The minimum atomic E-state index is -0.202. The van der Waals surface area contributed by atoms with Gasteiger partial charge in [-0.05, 0) is 24.1 Å². The monoisotopic (exact) mass is 235 g/mol. The van der Waals surface area contributed by atoms with Crippen molar-refractivity contribution in [3.63, 3.8) is 0 Å². The van der Waals surface area contributed by atoms with Crippen LogP contribution in [-0.4, -0.2) is 31.6 Å². The number of ether oxygens (including phenoxy) is 1. The highest BCUT2D eigenvalue weighted by atomic mass is 16.5. The molecule has 0 aliphatic rings. The number of nitrogens with zero attached hydrogens (tertiary/aromatic N) is 1. The van der Waals surface area contributed by atoms with Crippen molar-refractivity contribution in [3.8, 4) is 0 Å². The Balaban J connectivity index is 2.54. The van der Waals surface area contributed by atoms with Gasteiger partial charge in [0.05, 0.1) is 13.7 Å². The molecule has 0 aromatic heterocycles. The van der Waals surface area contributed by atoms with E-state index in [1.165, 1.54) is 18.2 Å². The van der Waals surface area contributed by atoms with Crippen LogP contribution in [0.5, 0.6) is 0 Å². The lowest BCUT2D eigenvalue weighted by atomic mass is 10.0. The van der Waals surface area contributed by atoms with Gasteiger partial charge in [0.25, 0.3) is 0 Å². The highest BCUT2D eigenvalue weighted by Crippen LogP contribution is 2.15. The molecule has 0 fully saturated rings. The average molecular weight is 235 g/mol. The van der Waals surface area contributed by atoms with E-state index in [-0.39, 0.29) is 5.97 Å². The van der Waals surface area contributed by atoms with E-state index < -0.39 is 0 Å². The number of hydrogen-bond acceptors (Lipinski definition) is 3. The van der Waals surface area contributed by atoms with Gasteiger partial charge >= 0.3 is 5.97 Å². The van der Waals surface area contributed by atoms with Gasteiger partial charge in [-0.25, -0.2) is 0 Å². The summed E-state index contributed by atoms with van der Waals surface area (Å²) in [4.78, 5) is 13.0. The Morgan fingerprint density at radius 1 is 1.29 bits per heavy atom. The molecule has 0 saturated carbocycles. The molecule has 0 bridgehead atoms. The van der Waals surface area contributed by atoms with E-state index in [0.29, 0.717) is 12.5 Å². The second-order valence-electron chi connectivity index (χ2n) is 4.64. The quantitative estimate of drug-likeness (QED) is 0.734. The van der Waals surface area contributed by atoms with Gasteiger partial charge in [-0.15, -0.1) is 0 Å². The number of carbonyl (C=O) groups excluding carboxylic acids is 1. The molecule has 0 atom stereocenters. The van der Waals surface area contributed by atoms with E-state index in [1.54, 1.807) is 0 Å². The molecule has 0 saturated heterocycles. The molecule has 0 radical (unpaired) electrons. The molecule has 0 heterocycles. The third kappa shape index (κ3) is 4.57. The first kappa shape index (κ1) is 13.7. The molecule has 0 aliphatic carbocycles. The predicted octanol–water partition coefficient (Wildman–Crippen LogP) is 2.41. The van der Waals surface area contributed by atoms with Crippen LogP contribution in [-0.2, 0) is 16.1 Å². The van der Waals surface area contributed by atoms with Gasteiger partial charge in [0, 0.05) is 6.54 Å². The number of likely N-dealkylation sites (N-methyl/N-ethyl adjacent to an activating group) is 1. The maximum absolute atomic E-state index is 11.1. The summed E-state index contributed by atoms with van der Waals surface area (Å²) in [5.41, 5.74) is 2.55. The van der Waals surface area contributed by atoms with E-state index in [1.807, 2.05) is 11.9 Å². The number of rotatable bonds is 5. The lowest BCUT2D eigenvalue weighted by Crippen LogP contribution is -2.26. The summed E-state index contributed by atoms with van der Waals surface area (Å²) in [6, 6.07) is 8.52. The molecule has 0 N–H and O–H groups in total. The second kappa shape index (κ2) is 6.40. The van der Waals surface area contributed by atoms with Crippen molar-refractivity contribution in [1.82, 2.24) is 4.90 Å². The molecule has 0 aliphatic heterocycles. The number of hydrogen-bond donors (Lipinski definition) is 0. The maximum Gasteiger partial charge on any atom is 0.319 e. The van der Waals surface area contributed by atoms with Gasteiger partial charge in [-0.3, -0.25) is 9.69 Å². The summed E-state index contributed by atoms with van der Waals surface area (Å²) >= 11 is 0. The molecule has 0 spiro atoms. The van der Waals surface area contributed by atoms with E-state index in [4.69, 9.17) is 0 Å². The number of carbonyl (C=O) groups is 1. The van der Waals surface area contributed by atoms with Crippen LogP contribution >= 0.6 is 0 Å². The molecule has 3 nitrogen and oxygen atoms in total. The highest BCUT2D eigenvalue weighted by molar-refractivity contribution is 5.71. The van der Waals surface area contributed by atoms with Gasteiger partial charge in [-0.2, -0.15) is 0 Å². The Kier molecular flexibility index (Phi) is 5.16. The summed E-state index contributed by atoms with van der Waals surface area (Å²) < 4.78 is 4.63. The van der Waals surface area contributed by atoms with Crippen molar-refractivity contribution in [2.75, 3.05) is 20.7 Å². The zero-order chi connectivity index (χ0) is 12.8. The van der Waals surface area contributed by atoms with Crippen molar-refractivity contribution in [2.45, 2.75) is 26.3 Å². The fraction of sp³-hybridized carbons (Fsp3) is 0.500. The van der Waals surface area contributed by atoms with Crippen molar-refractivity contribution in [2.24, 2.45) is 0 Å². The molecule has 0 amide bonds. The van der Waals surface area contributed by atoms with Crippen molar-refractivity contribution in [1.29, 1.82) is 0 Å². The number of esters is 1. The van der Waals surface area contributed by atoms with E-state index in [0.717, 1.165) is 6.54 Å². The summed E-state index contributed by atoms with van der Waals surface area (Å²) in [6.45, 7) is 5.44. The average Bonchev–Trinajstić information content (AvgIpc) is 2.29. The summed E-state index contributed by atoms with van der Waals surface area (Å²) in [7, 11) is 3.32. The van der Waals surface area contributed by atoms with Crippen LogP contribution in [0.2, 0.25) is 0 Å². The molecule has 3 heteroatoms. The largest absolute Gasteiger partial charge is 0.468 e. The van der Waals surface area contributed by atoms with Crippen molar-refractivity contribution >= 4 is 5.97 Å². The van der Waals surface area contributed by atoms with Crippen LogP contribution in [0.15, 0.2) is 24.3 Å². The minimum absolute atomic E-state index is 0.202.